The second-order valence-corrected chi connectivity index (χ2v) is 9.91. The first kappa shape index (κ1) is 22.7. The van der Waals surface area contributed by atoms with Crippen LogP contribution in [0.3, 0.4) is 0 Å². The summed E-state index contributed by atoms with van der Waals surface area (Å²) >= 11 is 0. The highest BCUT2D eigenvalue weighted by Gasteiger charge is 2.33. The van der Waals surface area contributed by atoms with Crippen LogP contribution in [0.5, 0.6) is 0 Å². The molecule has 4 heteroatoms. The van der Waals surface area contributed by atoms with E-state index < -0.39 is 0 Å². The van der Waals surface area contributed by atoms with E-state index >= 15 is 0 Å². The molecule has 0 spiro atoms. The van der Waals surface area contributed by atoms with Crippen LogP contribution >= 0.6 is 0 Å². The SMILES string of the molecule is CC(C)Cc1ccc(CN2CCN(C3CCN(C(C)C)CC3)[C@@H](CCO)C2)cc1. The highest BCUT2D eigenvalue weighted by molar-refractivity contribution is 5.23. The average molecular weight is 402 g/mol. The molecule has 0 radical (unpaired) electrons. The summed E-state index contributed by atoms with van der Waals surface area (Å²) in [6, 6.07) is 11.1. The predicted molar refractivity (Wildman–Crippen MR) is 122 cm³/mol. The van der Waals surface area contributed by atoms with Crippen molar-refractivity contribution in [2.75, 3.05) is 39.3 Å². The Morgan fingerprint density at radius 2 is 1.59 bits per heavy atom. The van der Waals surface area contributed by atoms with Crippen molar-refractivity contribution in [2.45, 2.75) is 78.0 Å². The van der Waals surface area contributed by atoms with Crippen molar-refractivity contribution >= 4 is 0 Å². The number of hydrogen-bond donors (Lipinski definition) is 1. The Bertz CT molecular complexity index is 593. The van der Waals surface area contributed by atoms with Crippen LogP contribution in [0.1, 0.15) is 58.1 Å². The van der Waals surface area contributed by atoms with E-state index in [-0.39, 0.29) is 0 Å². The molecular formula is C25H43N3O. The monoisotopic (exact) mass is 401 g/mol. The van der Waals surface area contributed by atoms with Gasteiger partial charge < -0.3 is 10.0 Å². The molecule has 1 N–H and O–H groups in total. The third kappa shape index (κ3) is 6.52. The van der Waals surface area contributed by atoms with Gasteiger partial charge in [0.1, 0.15) is 0 Å². The summed E-state index contributed by atoms with van der Waals surface area (Å²) in [5.41, 5.74) is 2.86. The van der Waals surface area contributed by atoms with Crippen LogP contribution in [-0.2, 0) is 13.0 Å². The molecule has 0 amide bonds. The number of aliphatic hydroxyl groups is 1. The van der Waals surface area contributed by atoms with Crippen molar-refractivity contribution in [3.63, 3.8) is 0 Å². The molecule has 1 atom stereocenters. The van der Waals surface area contributed by atoms with Gasteiger partial charge in [-0.1, -0.05) is 38.1 Å². The first-order valence-electron chi connectivity index (χ1n) is 11.9. The third-order valence-electron chi connectivity index (χ3n) is 6.85. The summed E-state index contributed by atoms with van der Waals surface area (Å²) in [5.74, 6) is 0.709. The van der Waals surface area contributed by atoms with Crippen molar-refractivity contribution in [3.8, 4) is 0 Å². The molecule has 0 aliphatic carbocycles. The quantitative estimate of drug-likeness (QED) is 0.720. The molecule has 2 aliphatic heterocycles. The van der Waals surface area contributed by atoms with Gasteiger partial charge in [-0.2, -0.15) is 0 Å². The number of rotatable bonds is 8. The molecule has 4 nitrogen and oxygen atoms in total. The van der Waals surface area contributed by atoms with Crippen LogP contribution in [0.4, 0.5) is 0 Å². The lowest BCUT2D eigenvalue weighted by molar-refractivity contribution is -0.0000306. The second kappa shape index (κ2) is 10.9. The summed E-state index contributed by atoms with van der Waals surface area (Å²) in [6.07, 6.45) is 4.61. The second-order valence-electron chi connectivity index (χ2n) is 9.91. The molecule has 0 aromatic heterocycles. The van der Waals surface area contributed by atoms with E-state index in [1.54, 1.807) is 0 Å². The van der Waals surface area contributed by atoms with E-state index in [9.17, 15) is 5.11 Å². The fourth-order valence-corrected chi connectivity index (χ4v) is 5.21. The van der Waals surface area contributed by atoms with Crippen molar-refractivity contribution < 1.29 is 5.11 Å². The predicted octanol–water partition coefficient (Wildman–Crippen LogP) is 3.63. The maximum atomic E-state index is 9.67. The molecule has 1 aromatic rings. The number of likely N-dealkylation sites (tertiary alicyclic amines) is 1. The standard InChI is InChI=1S/C25H43N3O/c1-20(2)17-22-5-7-23(8-6-22)18-26-14-15-28(25(19-26)11-16-29)24-9-12-27(13-10-24)21(3)4/h5-8,20-21,24-25,29H,9-19H2,1-4H3/t25-/m0/s1. The molecular weight excluding hydrogens is 358 g/mol. The number of nitrogens with zero attached hydrogens (tertiary/aromatic N) is 3. The largest absolute Gasteiger partial charge is 0.396 e. The van der Waals surface area contributed by atoms with Crippen molar-refractivity contribution in [3.05, 3.63) is 35.4 Å². The van der Waals surface area contributed by atoms with Gasteiger partial charge in [0.2, 0.25) is 0 Å². The van der Waals surface area contributed by atoms with Gasteiger partial charge in [-0.25, -0.2) is 0 Å². The molecule has 0 unspecified atom stereocenters. The minimum Gasteiger partial charge on any atom is -0.396 e. The van der Waals surface area contributed by atoms with Crippen LogP contribution in [0.2, 0.25) is 0 Å². The fraction of sp³-hybridized carbons (Fsp3) is 0.760. The zero-order chi connectivity index (χ0) is 20.8. The molecule has 29 heavy (non-hydrogen) atoms. The van der Waals surface area contributed by atoms with Crippen LogP contribution in [0, 0.1) is 5.92 Å². The van der Waals surface area contributed by atoms with Gasteiger partial charge in [-0.3, -0.25) is 9.80 Å². The van der Waals surface area contributed by atoms with E-state index in [1.807, 2.05) is 0 Å². The number of piperidine rings is 1. The molecule has 164 valence electrons. The normalized spacial score (nSPS) is 23.3. The van der Waals surface area contributed by atoms with Gasteiger partial charge in [0.05, 0.1) is 0 Å². The van der Waals surface area contributed by atoms with Crippen molar-refractivity contribution in [1.82, 2.24) is 14.7 Å². The van der Waals surface area contributed by atoms with Gasteiger partial charge in [0, 0.05) is 50.9 Å². The van der Waals surface area contributed by atoms with E-state index in [0.29, 0.717) is 30.7 Å². The van der Waals surface area contributed by atoms with Crippen molar-refractivity contribution in [2.24, 2.45) is 5.92 Å². The summed E-state index contributed by atoms with van der Waals surface area (Å²) < 4.78 is 0. The lowest BCUT2D eigenvalue weighted by Crippen LogP contribution is -2.58. The average Bonchev–Trinajstić information content (AvgIpc) is 2.70. The Morgan fingerprint density at radius 3 is 2.17 bits per heavy atom. The molecule has 2 saturated heterocycles. The maximum Gasteiger partial charge on any atom is 0.0446 e. The Morgan fingerprint density at radius 1 is 0.931 bits per heavy atom. The van der Waals surface area contributed by atoms with Crippen molar-refractivity contribution in [1.29, 1.82) is 0 Å². The Hall–Kier alpha value is -0.940. The number of hydrogen-bond acceptors (Lipinski definition) is 4. The molecule has 2 heterocycles. The van der Waals surface area contributed by atoms with E-state index in [1.165, 1.54) is 37.1 Å². The Kier molecular flexibility index (Phi) is 8.55. The zero-order valence-electron chi connectivity index (χ0n) is 19.2. The molecule has 3 rings (SSSR count). The van der Waals surface area contributed by atoms with Crippen LogP contribution in [0.25, 0.3) is 0 Å². The maximum absolute atomic E-state index is 9.67. The van der Waals surface area contributed by atoms with Crippen LogP contribution in [0.15, 0.2) is 24.3 Å². The molecule has 0 saturated carbocycles. The van der Waals surface area contributed by atoms with E-state index in [2.05, 4.69) is 66.7 Å². The molecule has 1 aromatic carbocycles. The molecule has 0 bridgehead atoms. The Balaban J connectivity index is 1.54. The van der Waals surface area contributed by atoms with Gasteiger partial charge in [-0.05, 0) is 69.7 Å². The van der Waals surface area contributed by atoms with Gasteiger partial charge in [0.15, 0.2) is 0 Å². The first-order chi connectivity index (χ1) is 14.0. The summed E-state index contributed by atoms with van der Waals surface area (Å²) in [4.78, 5) is 7.93. The van der Waals surface area contributed by atoms with Gasteiger partial charge in [-0.15, -0.1) is 0 Å². The highest BCUT2D eigenvalue weighted by atomic mass is 16.3. The molecule has 2 fully saturated rings. The molecule has 2 aliphatic rings. The topological polar surface area (TPSA) is 30.0 Å². The summed E-state index contributed by atoms with van der Waals surface area (Å²) in [6.45, 7) is 16.3. The summed E-state index contributed by atoms with van der Waals surface area (Å²) in [7, 11) is 0. The fourth-order valence-electron chi connectivity index (χ4n) is 5.21. The van der Waals surface area contributed by atoms with Crippen LogP contribution < -0.4 is 0 Å². The number of benzene rings is 1. The first-order valence-corrected chi connectivity index (χ1v) is 11.9. The third-order valence-corrected chi connectivity index (χ3v) is 6.85. The minimum atomic E-state index is 0.295. The Labute approximate surface area is 178 Å². The van der Waals surface area contributed by atoms with E-state index in [4.69, 9.17) is 0 Å². The highest BCUT2D eigenvalue weighted by Crippen LogP contribution is 2.25. The van der Waals surface area contributed by atoms with Gasteiger partial charge >= 0.3 is 0 Å². The van der Waals surface area contributed by atoms with Crippen LogP contribution in [-0.4, -0.2) is 77.3 Å². The van der Waals surface area contributed by atoms with E-state index in [0.717, 1.165) is 39.0 Å². The smallest absolute Gasteiger partial charge is 0.0446 e. The lowest BCUT2D eigenvalue weighted by Gasteiger charge is -2.48. The minimum absolute atomic E-state index is 0.295. The number of piperazine rings is 1. The zero-order valence-corrected chi connectivity index (χ0v) is 19.2. The lowest BCUT2D eigenvalue weighted by atomic mass is 9.97. The number of aliphatic hydroxyl groups excluding tert-OH is 1. The summed E-state index contributed by atoms with van der Waals surface area (Å²) in [5, 5.41) is 9.67. The van der Waals surface area contributed by atoms with Gasteiger partial charge in [0.25, 0.3) is 0 Å².